The van der Waals surface area contributed by atoms with E-state index in [9.17, 15) is 4.79 Å². The first kappa shape index (κ1) is 22.0. The number of hydrogen-bond acceptors (Lipinski definition) is 2. The molecule has 0 radical (unpaired) electrons. The molecule has 0 fully saturated rings. The molecule has 0 saturated carbocycles. The molecule has 0 aromatic rings. The van der Waals surface area contributed by atoms with Gasteiger partial charge < -0.3 is 10.6 Å². The number of halogens is 2. The highest BCUT2D eigenvalue weighted by molar-refractivity contribution is 5.85. The Morgan fingerprint density at radius 1 is 1.41 bits per heavy atom. The largest absolute Gasteiger partial charge is 0.346 e. The van der Waals surface area contributed by atoms with Gasteiger partial charge in [0, 0.05) is 26.1 Å². The second-order valence-electron chi connectivity index (χ2n) is 4.34. The molecule has 0 spiro atoms. The summed E-state index contributed by atoms with van der Waals surface area (Å²) in [5.74, 6) is 0.646. The molecule has 17 heavy (non-hydrogen) atoms. The van der Waals surface area contributed by atoms with E-state index in [1.807, 2.05) is 7.05 Å². The van der Waals surface area contributed by atoms with E-state index in [-0.39, 0.29) is 36.8 Å². The predicted molar refractivity (Wildman–Crippen MR) is 79.0 cm³/mol. The molecule has 5 heteroatoms. The van der Waals surface area contributed by atoms with Gasteiger partial charge in [-0.25, -0.2) is 0 Å². The minimum absolute atomic E-state index is 0. The average molecular weight is 285 g/mol. The Morgan fingerprint density at radius 3 is 2.35 bits per heavy atom. The second kappa shape index (κ2) is 12.2. The van der Waals surface area contributed by atoms with Crippen LogP contribution in [0.2, 0.25) is 0 Å². The standard InChI is InChI=1S/C12H24N2O.2ClH/c1-5-6-7-12(15)14(4)9-8-11(13)10(2)3;;/h5,10-11H,1,6-9,13H2,2-4H3;2*1H. The Morgan fingerprint density at radius 2 is 1.94 bits per heavy atom. The highest BCUT2D eigenvalue weighted by atomic mass is 35.5. The van der Waals surface area contributed by atoms with Gasteiger partial charge in [0.2, 0.25) is 5.91 Å². The number of nitrogens with two attached hydrogens (primary N) is 1. The topological polar surface area (TPSA) is 46.3 Å². The van der Waals surface area contributed by atoms with Crippen molar-refractivity contribution in [2.75, 3.05) is 13.6 Å². The van der Waals surface area contributed by atoms with Crippen LogP contribution in [0, 0.1) is 5.92 Å². The van der Waals surface area contributed by atoms with E-state index in [0.29, 0.717) is 12.3 Å². The van der Waals surface area contributed by atoms with Crippen LogP contribution in [-0.2, 0) is 4.79 Å². The molecule has 0 aliphatic rings. The van der Waals surface area contributed by atoms with Gasteiger partial charge in [0.15, 0.2) is 0 Å². The Bertz CT molecular complexity index is 211. The fourth-order valence-corrected chi connectivity index (χ4v) is 1.22. The number of carbonyl (C=O) groups is 1. The third-order valence-corrected chi connectivity index (χ3v) is 2.64. The predicted octanol–water partition coefficient (Wildman–Crippen LogP) is 2.63. The van der Waals surface area contributed by atoms with Crippen molar-refractivity contribution >= 4 is 30.7 Å². The van der Waals surface area contributed by atoms with Crippen LogP contribution in [0.3, 0.4) is 0 Å². The molecule has 1 amide bonds. The summed E-state index contributed by atoms with van der Waals surface area (Å²) in [6, 6.07) is 0.180. The number of allylic oxidation sites excluding steroid dienone is 1. The molecule has 0 heterocycles. The maximum absolute atomic E-state index is 11.5. The molecule has 1 unspecified atom stereocenters. The third kappa shape index (κ3) is 10.6. The van der Waals surface area contributed by atoms with Crippen molar-refractivity contribution in [3.8, 4) is 0 Å². The van der Waals surface area contributed by atoms with Crippen molar-refractivity contribution in [1.29, 1.82) is 0 Å². The summed E-state index contributed by atoms with van der Waals surface area (Å²) < 4.78 is 0. The summed E-state index contributed by atoms with van der Waals surface area (Å²) in [6.45, 7) is 8.55. The molecule has 1 atom stereocenters. The van der Waals surface area contributed by atoms with Gasteiger partial charge in [-0.1, -0.05) is 19.9 Å². The zero-order chi connectivity index (χ0) is 11.8. The van der Waals surface area contributed by atoms with Crippen LogP contribution < -0.4 is 5.73 Å². The van der Waals surface area contributed by atoms with Gasteiger partial charge in [-0.05, 0) is 18.8 Å². The zero-order valence-electron chi connectivity index (χ0n) is 11.0. The van der Waals surface area contributed by atoms with Crippen LogP contribution in [0.5, 0.6) is 0 Å². The molecule has 0 aromatic heterocycles. The highest BCUT2D eigenvalue weighted by Gasteiger charge is 2.11. The molecular formula is C12H26Cl2N2O. The van der Waals surface area contributed by atoms with Crippen LogP contribution in [0.1, 0.15) is 33.1 Å². The molecule has 0 aliphatic heterocycles. The first-order chi connectivity index (χ1) is 6.99. The summed E-state index contributed by atoms with van der Waals surface area (Å²) in [5, 5.41) is 0. The van der Waals surface area contributed by atoms with Crippen LogP contribution in [0.4, 0.5) is 0 Å². The van der Waals surface area contributed by atoms with Gasteiger partial charge >= 0.3 is 0 Å². The molecule has 2 N–H and O–H groups in total. The maximum Gasteiger partial charge on any atom is 0.222 e. The lowest BCUT2D eigenvalue weighted by molar-refractivity contribution is -0.129. The SMILES string of the molecule is C=CCCC(=O)N(C)CCC(N)C(C)C.Cl.Cl. The molecule has 0 saturated heterocycles. The van der Waals surface area contributed by atoms with E-state index in [0.717, 1.165) is 19.4 Å². The summed E-state index contributed by atoms with van der Waals surface area (Å²) >= 11 is 0. The van der Waals surface area contributed by atoms with Crippen molar-refractivity contribution in [3.05, 3.63) is 12.7 Å². The van der Waals surface area contributed by atoms with Crippen LogP contribution >= 0.6 is 24.8 Å². The van der Waals surface area contributed by atoms with E-state index in [2.05, 4.69) is 20.4 Å². The Labute approximate surface area is 118 Å². The number of nitrogens with zero attached hydrogens (tertiary/aromatic N) is 1. The van der Waals surface area contributed by atoms with E-state index in [1.54, 1.807) is 11.0 Å². The summed E-state index contributed by atoms with van der Waals surface area (Å²) in [4.78, 5) is 13.3. The van der Waals surface area contributed by atoms with Crippen molar-refractivity contribution < 1.29 is 4.79 Å². The summed E-state index contributed by atoms with van der Waals surface area (Å²) in [5.41, 5.74) is 5.91. The normalized spacial score (nSPS) is 11.1. The monoisotopic (exact) mass is 284 g/mol. The Kier molecular flexibility index (Phi) is 15.8. The van der Waals surface area contributed by atoms with Crippen molar-refractivity contribution in [2.45, 2.75) is 39.2 Å². The van der Waals surface area contributed by atoms with E-state index >= 15 is 0 Å². The van der Waals surface area contributed by atoms with Gasteiger partial charge in [-0.15, -0.1) is 31.4 Å². The van der Waals surface area contributed by atoms with Gasteiger partial charge in [-0.3, -0.25) is 4.79 Å². The van der Waals surface area contributed by atoms with Crippen molar-refractivity contribution in [1.82, 2.24) is 4.90 Å². The lowest BCUT2D eigenvalue weighted by Gasteiger charge is -2.21. The van der Waals surface area contributed by atoms with Gasteiger partial charge in [-0.2, -0.15) is 0 Å². The van der Waals surface area contributed by atoms with Crippen LogP contribution in [-0.4, -0.2) is 30.4 Å². The molecule has 3 nitrogen and oxygen atoms in total. The summed E-state index contributed by atoms with van der Waals surface area (Å²) in [6.07, 6.45) is 3.94. The molecule has 0 aromatic carbocycles. The number of carbonyl (C=O) groups excluding carboxylic acids is 1. The van der Waals surface area contributed by atoms with E-state index < -0.39 is 0 Å². The average Bonchev–Trinajstić information content (AvgIpc) is 2.21. The van der Waals surface area contributed by atoms with Crippen LogP contribution in [0.15, 0.2) is 12.7 Å². The lowest BCUT2D eigenvalue weighted by Crippen LogP contribution is -2.34. The van der Waals surface area contributed by atoms with E-state index in [1.165, 1.54) is 0 Å². The maximum atomic E-state index is 11.5. The molecule has 104 valence electrons. The Balaban J connectivity index is -0.000000980. The smallest absolute Gasteiger partial charge is 0.222 e. The Hall–Kier alpha value is -0.250. The fourth-order valence-electron chi connectivity index (χ4n) is 1.22. The zero-order valence-corrected chi connectivity index (χ0v) is 12.6. The van der Waals surface area contributed by atoms with Crippen molar-refractivity contribution in [2.24, 2.45) is 11.7 Å². The fraction of sp³-hybridized carbons (Fsp3) is 0.750. The van der Waals surface area contributed by atoms with Crippen LogP contribution in [0.25, 0.3) is 0 Å². The van der Waals surface area contributed by atoms with Gasteiger partial charge in [0.1, 0.15) is 0 Å². The highest BCUT2D eigenvalue weighted by Crippen LogP contribution is 2.04. The minimum atomic E-state index is 0. The number of amides is 1. The van der Waals surface area contributed by atoms with Gasteiger partial charge in [0.25, 0.3) is 0 Å². The first-order valence-corrected chi connectivity index (χ1v) is 5.59. The van der Waals surface area contributed by atoms with Gasteiger partial charge in [0.05, 0.1) is 0 Å². The summed E-state index contributed by atoms with van der Waals surface area (Å²) in [7, 11) is 1.83. The number of rotatable bonds is 7. The quantitative estimate of drug-likeness (QED) is 0.731. The first-order valence-electron chi connectivity index (χ1n) is 5.59. The van der Waals surface area contributed by atoms with E-state index in [4.69, 9.17) is 5.73 Å². The lowest BCUT2D eigenvalue weighted by atomic mass is 10.0. The third-order valence-electron chi connectivity index (χ3n) is 2.64. The molecular weight excluding hydrogens is 259 g/mol. The molecule has 0 aliphatic carbocycles. The molecule has 0 bridgehead atoms. The van der Waals surface area contributed by atoms with Crippen molar-refractivity contribution in [3.63, 3.8) is 0 Å². The molecule has 0 rings (SSSR count). The minimum Gasteiger partial charge on any atom is -0.346 e. The second-order valence-corrected chi connectivity index (χ2v) is 4.34. The number of hydrogen-bond donors (Lipinski definition) is 1.